The van der Waals surface area contributed by atoms with Crippen LogP contribution in [-0.2, 0) is 4.74 Å². The second kappa shape index (κ2) is 7.51. The Kier molecular flexibility index (Phi) is 5.41. The van der Waals surface area contributed by atoms with E-state index in [0.717, 1.165) is 37.8 Å². The number of nitrogens with zero attached hydrogens (tertiary/aromatic N) is 1. The van der Waals surface area contributed by atoms with Gasteiger partial charge in [-0.05, 0) is 38.5 Å². The number of fused-ring (bicyclic) bond motifs is 1. The van der Waals surface area contributed by atoms with Crippen molar-refractivity contribution in [2.75, 3.05) is 39.5 Å². The van der Waals surface area contributed by atoms with Crippen LogP contribution >= 0.6 is 0 Å². The highest BCUT2D eigenvalue weighted by molar-refractivity contribution is 5.44. The van der Waals surface area contributed by atoms with E-state index in [0.29, 0.717) is 25.3 Å². The molecule has 2 aliphatic rings. The van der Waals surface area contributed by atoms with Gasteiger partial charge in [-0.1, -0.05) is 6.07 Å². The Balaban J connectivity index is 1.55. The van der Waals surface area contributed by atoms with Crippen LogP contribution in [-0.4, -0.2) is 56.5 Å². The van der Waals surface area contributed by atoms with Crippen LogP contribution in [0.15, 0.2) is 18.2 Å². The zero-order valence-corrected chi connectivity index (χ0v) is 14.4. The van der Waals surface area contributed by atoms with E-state index in [2.05, 4.69) is 43.1 Å². The molecule has 1 aromatic carbocycles. The Hall–Kier alpha value is -1.30. The fourth-order valence-electron chi connectivity index (χ4n) is 3.31. The first-order chi connectivity index (χ1) is 11.1. The van der Waals surface area contributed by atoms with Crippen molar-refractivity contribution in [3.63, 3.8) is 0 Å². The van der Waals surface area contributed by atoms with Gasteiger partial charge in [-0.3, -0.25) is 4.90 Å². The van der Waals surface area contributed by atoms with E-state index in [1.54, 1.807) is 0 Å². The van der Waals surface area contributed by atoms with Crippen molar-refractivity contribution in [1.82, 2.24) is 10.2 Å². The summed E-state index contributed by atoms with van der Waals surface area (Å²) >= 11 is 0. The maximum absolute atomic E-state index is 5.67. The van der Waals surface area contributed by atoms with Crippen LogP contribution in [0.5, 0.6) is 11.5 Å². The van der Waals surface area contributed by atoms with Crippen molar-refractivity contribution in [1.29, 1.82) is 0 Å². The quantitative estimate of drug-likeness (QED) is 0.901. The highest BCUT2D eigenvalue weighted by Gasteiger charge is 2.24. The lowest BCUT2D eigenvalue weighted by Gasteiger charge is -2.38. The molecule has 1 N–H and O–H groups in total. The van der Waals surface area contributed by atoms with E-state index in [4.69, 9.17) is 14.2 Å². The summed E-state index contributed by atoms with van der Waals surface area (Å²) in [6.45, 7) is 11.6. The molecular weight excluding hydrogens is 292 g/mol. The van der Waals surface area contributed by atoms with Crippen molar-refractivity contribution in [3.05, 3.63) is 23.8 Å². The van der Waals surface area contributed by atoms with Gasteiger partial charge in [0.25, 0.3) is 0 Å². The van der Waals surface area contributed by atoms with Gasteiger partial charge >= 0.3 is 0 Å². The molecule has 5 nitrogen and oxygen atoms in total. The largest absolute Gasteiger partial charge is 0.486 e. The Morgan fingerprint density at radius 1 is 1.17 bits per heavy atom. The van der Waals surface area contributed by atoms with Crippen LogP contribution in [0.4, 0.5) is 0 Å². The number of hydrogen-bond acceptors (Lipinski definition) is 5. The van der Waals surface area contributed by atoms with E-state index < -0.39 is 0 Å². The third kappa shape index (κ3) is 3.97. The molecule has 1 saturated heterocycles. The summed E-state index contributed by atoms with van der Waals surface area (Å²) in [5, 5.41) is 3.64. The topological polar surface area (TPSA) is 43.0 Å². The third-order valence-corrected chi connectivity index (χ3v) is 4.77. The molecule has 2 heterocycles. The molecule has 0 radical (unpaired) electrons. The number of rotatable bonds is 5. The van der Waals surface area contributed by atoms with E-state index >= 15 is 0 Å². The van der Waals surface area contributed by atoms with Gasteiger partial charge < -0.3 is 19.5 Å². The molecule has 0 bridgehead atoms. The number of ether oxygens (including phenoxy) is 3. The maximum atomic E-state index is 5.67. The summed E-state index contributed by atoms with van der Waals surface area (Å²) in [6.07, 6.45) is 0. The molecule has 0 aliphatic carbocycles. The minimum Gasteiger partial charge on any atom is -0.486 e. The first-order valence-corrected chi connectivity index (χ1v) is 8.61. The fraction of sp³-hybridized carbons (Fsp3) is 0.667. The van der Waals surface area contributed by atoms with Crippen molar-refractivity contribution in [3.8, 4) is 11.5 Å². The summed E-state index contributed by atoms with van der Waals surface area (Å²) in [5.74, 6) is 1.71. The smallest absolute Gasteiger partial charge is 0.161 e. The molecule has 1 fully saturated rings. The zero-order valence-electron chi connectivity index (χ0n) is 14.4. The molecule has 0 spiro atoms. The first kappa shape index (κ1) is 16.6. The summed E-state index contributed by atoms with van der Waals surface area (Å²) in [5.41, 5.74) is 1.23. The van der Waals surface area contributed by atoms with Gasteiger partial charge in [-0.15, -0.1) is 0 Å². The molecule has 0 unspecified atom stereocenters. The second-order valence-electron chi connectivity index (χ2n) is 6.54. The van der Waals surface area contributed by atoms with Crippen molar-refractivity contribution >= 4 is 0 Å². The van der Waals surface area contributed by atoms with Crippen LogP contribution < -0.4 is 14.8 Å². The lowest BCUT2D eigenvalue weighted by molar-refractivity contribution is -0.0184. The van der Waals surface area contributed by atoms with Gasteiger partial charge in [0.15, 0.2) is 11.5 Å². The van der Waals surface area contributed by atoms with E-state index in [9.17, 15) is 0 Å². The average Bonchev–Trinajstić information content (AvgIpc) is 2.59. The van der Waals surface area contributed by atoms with Crippen LogP contribution in [0.2, 0.25) is 0 Å². The summed E-state index contributed by atoms with van der Waals surface area (Å²) < 4.78 is 16.8. The summed E-state index contributed by atoms with van der Waals surface area (Å²) in [7, 11) is 0. The Bertz CT molecular complexity index is 523. The van der Waals surface area contributed by atoms with Crippen molar-refractivity contribution in [2.45, 2.75) is 38.9 Å². The lowest BCUT2D eigenvalue weighted by Crippen LogP contribution is -2.51. The van der Waals surface area contributed by atoms with E-state index in [-0.39, 0.29) is 6.04 Å². The molecule has 3 atom stereocenters. The predicted octanol–water partition coefficient (Wildman–Crippen LogP) is 2.22. The van der Waals surface area contributed by atoms with Crippen LogP contribution in [0.3, 0.4) is 0 Å². The van der Waals surface area contributed by atoms with E-state index in [1.165, 1.54) is 5.56 Å². The minimum atomic E-state index is 0.282. The molecule has 0 aromatic heterocycles. The van der Waals surface area contributed by atoms with E-state index in [1.807, 2.05) is 6.07 Å². The maximum Gasteiger partial charge on any atom is 0.161 e. The monoisotopic (exact) mass is 320 g/mol. The number of benzene rings is 1. The molecule has 0 saturated carbocycles. The fourth-order valence-corrected chi connectivity index (χ4v) is 3.31. The number of morpholine rings is 1. The van der Waals surface area contributed by atoms with Crippen LogP contribution in [0, 0.1) is 0 Å². The normalized spacial score (nSPS) is 24.2. The Morgan fingerprint density at radius 3 is 2.74 bits per heavy atom. The molecule has 128 valence electrons. The lowest BCUT2D eigenvalue weighted by atomic mass is 10.1. The van der Waals surface area contributed by atoms with Gasteiger partial charge in [-0.25, -0.2) is 0 Å². The number of nitrogens with one attached hydrogen (secondary N) is 1. The standard InChI is InChI=1S/C18H28N2O3/c1-13(20-6-7-21-12-14(20)2)11-19-15(3)16-4-5-17-18(10-16)23-9-8-22-17/h4-5,10,13-15,19H,6-9,11-12H2,1-3H3/t13-,14-,15+/m1/s1. The van der Waals surface area contributed by atoms with Gasteiger partial charge in [0.2, 0.25) is 0 Å². The second-order valence-corrected chi connectivity index (χ2v) is 6.54. The molecule has 3 rings (SSSR count). The zero-order chi connectivity index (χ0) is 16.2. The van der Waals surface area contributed by atoms with Crippen LogP contribution in [0.25, 0.3) is 0 Å². The molecule has 2 aliphatic heterocycles. The molecular formula is C18H28N2O3. The molecule has 0 amide bonds. The molecule has 23 heavy (non-hydrogen) atoms. The Labute approximate surface area is 138 Å². The van der Waals surface area contributed by atoms with Crippen molar-refractivity contribution in [2.24, 2.45) is 0 Å². The molecule has 1 aromatic rings. The van der Waals surface area contributed by atoms with Gasteiger partial charge in [0, 0.05) is 31.2 Å². The predicted molar refractivity (Wildman–Crippen MR) is 90.3 cm³/mol. The van der Waals surface area contributed by atoms with Gasteiger partial charge in [0.05, 0.1) is 13.2 Å². The van der Waals surface area contributed by atoms with Crippen LogP contribution in [0.1, 0.15) is 32.4 Å². The third-order valence-electron chi connectivity index (χ3n) is 4.77. The highest BCUT2D eigenvalue weighted by atomic mass is 16.6. The minimum absolute atomic E-state index is 0.282. The summed E-state index contributed by atoms with van der Waals surface area (Å²) in [4.78, 5) is 2.52. The number of hydrogen-bond donors (Lipinski definition) is 1. The average molecular weight is 320 g/mol. The van der Waals surface area contributed by atoms with Crippen molar-refractivity contribution < 1.29 is 14.2 Å². The van der Waals surface area contributed by atoms with Gasteiger partial charge in [0.1, 0.15) is 13.2 Å². The van der Waals surface area contributed by atoms with Gasteiger partial charge in [-0.2, -0.15) is 0 Å². The summed E-state index contributed by atoms with van der Waals surface area (Å²) in [6, 6.07) is 7.49. The highest BCUT2D eigenvalue weighted by Crippen LogP contribution is 2.32. The molecule has 5 heteroatoms. The first-order valence-electron chi connectivity index (χ1n) is 8.61. The SMILES string of the molecule is C[C@H](NC[C@@H](C)N1CCOC[C@H]1C)c1ccc2c(c1)OCCO2. The Morgan fingerprint density at radius 2 is 1.96 bits per heavy atom.